The first-order valence-corrected chi connectivity index (χ1v) is 7.86. The van der Waals surface area contributed by atoms with E-state index in [0.717, 1.165) is 16.2 Å². The van der Waals surface area contributed by atoms with Crippen LogP contribution in [0, 0.1) is 0 Å². The second-order valence-corrected chi connectivity index (χ2v) is 7.02. The molecule has 126 valence electrons. The van der Waals surface area contributed by atoms with Crippen LogP contribution in [0.3, 0.4) is 0 Å². The molecule has 5 nitrogen and oxygen atoms in total. The zero-order chi connectivity index (χ0) is 17.7. The average Bonchev–Trinajstić information content (AvgIpc) is 2.73. The third kappa shape index (κ3) is 2.56. The summed E-state index contributed by atoms with van der Waals surface area (Å²) >= 11 is 0. The molecule has 0 bridgehead atoms. The lowest BCUT2D eigenvalue weighted by atomic mass is 9.76. The highest BCUT2D eigenvalue weighted by molar-refractivity contribution is 6.65. The van der Waals surface area contributed by atoms with E-state index in [1.54, 1.807) is 12.1 Å². The van der Waals surface area contributed by atoms with E-state index in [-0.39, 0.29) is 11.3 Å². The summed E-state index contributed by atoms with van der Waals surface area (Å²) < 4.78 is 16.9. The van der Waals surface area contributed by atoms with Gasteiger partial charge in [0.05, 0.1) is 18.3 Å². The van der Waals surface area contributed by atoms with E-state index in [0.29, 0.717) is 0 Å². The molecule has 2 aromatic rings. The molecule has 0 aliphatic carbocycles. The fourth-order valence-corrected chi connectivity index (χ4v) is 2.79. The number of methoxy groups -OCH3 is 1. The third-order valence-corrected chi connectivity index (χ3v) is 4.94. The monoisotopic (exact) mass is 328 g/mol. The molecule has 1 N–H and O–H groups in total. The minimum atomic E-state index is -0.574. The fourth-order valence-electron chi connectivity index (χ4n) is 2.79. The Hall–Kier alpha value is -2.05. The van der Waals surface area contributed by atoms with Gasteiger partial charge < -0.3 is 19.2 Å². The quantitative estimate of drug-likeness (QED) is 0.678. The highest BCUT2D eigenvalue weighted by Gasteiger charge is 2.52. The molecule has 1 saturated heterocycles. The number of aromatic hydroxyl groups is 1. The van der Waals surface area contributed by atoms with Gasteiger partial charge in [-0.05, 0) is 56.1 Å². The molecule has 1 heterocycles. The normalized spacial score (nSPS) is 18.8. The Morgan fingerprint density at radius 2 is 1.75 bits per heavy atom. The van der Waals surface area contributed by atoms with Crippen molar-refractivity contribution in [3.63, 3.8) is 0 Å². The number of phenolic OH excluding ortho intramolecular Hbond substituents is 1. The summed E-state index contributed by atoms with van der Waals surface area (Å²) in [6.07, 6.45) is 0. The Bertz CT molecular complexity index is 796. The summed E-state index contributed by atoms with van der Waals surface area (Å²) in [4.78, 5) is 11.8. The zero-order valence-corrected chi connectivity index (χ0v) is 14.5. The fraction of sp³-hybridized carbons (Fsp3) is 0.389. The average molecular weight is 328 g/mol. The Morgan fingerprint density at radius 1 is 1.12 bits per heavy atom. The largest absolute Gasteiger partial charge is 0.507 e. The first kappa shape index (κ1) is 16.8. The van der Waals surface area contributed by atoms with Crippen LogP contribution in [0.15, 0.2) is 30.3 Å². The number of benzene rings is 2. The minimum absolute atomic E-state index is 0.127. The Kier molecular flexibility index (Phi) is 3.85. The molecule has 6 heteroatoms. The zero-order valence-electron chi connectivity index (χ0n) is 14.5. The molecule has 1 aliphatic rings. The van der Waals surface area contributed by atoms with Gasteiger partial charge in [0.2, 0.25) is 0 Å². The number of fused-ring (bicyclic) bond motifs is 1. The van der Waals surface area contributed by atoms with Crippen LogP contribution in [0.4, 0.5) is 0 Å². The van der Waals surface area contributed by atoms with E-state index < -0.39 is 24.3 Å². The smallest absolute Gasteiger partial charge is 0.495 e. The molecule has 0 spiro atoms. The molecular formula is C18H21BO5. The van der Waals surface area contributed by atoms with E-state index in [1.165, 1.54) is 7.11 Å². The van der Waals surface area contributed by atoms with Crippen molar-refractivity contribution in [1.82, 2.24) is 0 Å². The number of hydrogen-bond acceptors (Lipinski definition) is 5. The number of carbonyl (C=O) groups excluding carboxylic acids is 1. The van der Waals surface area contributed by atoms with Gasteiger partial charge in [-0.15, -0.1) is 0 Å². The van der Waals surface area contributed by atoms with Crippen molar-refractivity contribution in [2.45, 2.75) is 38.9 Å². The van der Waals surface area contributed by atoms with Gasteiger partial charge in [0.1, 0.15) is 11.3 Å². The van der Waals surface area contributed by atoms with Crippen molar-refractivity contribution in [2.75, 3.05) is 7.11 Å². The molecule has 24 heavy (non-hydrogen) atoms. The molecule has 0 aromatic heterocycles. The molecular weight excluding hydrogens is 307 g/mol. The van der Waals surface area contributed by atoms with Crippen LogP contribution >= 0.6 is 0 Å². The lowest BCUT2D eigenvalue weighted by molar-refractivity contribution is 0.00578. The van der Waals surface area contributed by atoms with Gasteiger partial charge in [-0.2, -0.15) is 0 Å². The number of phenols is 1. The van der Waals surface area contributed by atoms with Crippen molar-refractivity contribution in [1.29, 1.82) is 0 Å². The lowest BCUT2D eigenvalue weighted by Gasteiger charge is -2.32. The van der Waals surface area contributed by atoms with Crippen LogP contribution < -0.4 is 5.46 Å². The highest BCUT2D eigenvalue weighted by atomic mass is 16.7. The van der Waals surface area contributed by atoms with E-state index in [9.17, 15) is 9.90 Å². The van der Waals surface area contributed by atoms with Crippen LogP contribution in [-0.2, 0) is 14.0 Å². The predicted molar refractivity (Wildman–Crippen MR) is 92.7 cm³/mol. The SMILES string of the molecule is COC(=O)c1cc2cccc(B3OC(C)(C)C(C)(C)O3)c2cc1O. The van der Waals surface area contributed by atoms with Crippen molar-refractivity contribution in [3.8, 4) is 5.75 Å². The van der Waals surface area contributed by atoms with Crippen LogP contribution in [-0.4, -0.2) is 36.5 Å². The highest BCUT2D eigenvalue weighted by Crippen LogP contribution is 2.37. The van der Waals surface area contributed by atoms with Crippen molar-refractivity contribution in [3.05, 3.63) is 35.9 Å². The maximum absolute atomic E-state index is 11.8. The van der Waals surface area contributed by atoms with Crippen molar-refractivity contribution < 1.29 is 23.9 Å². The minimum Gasteiger partial charge on any atom is -0.507 e. The number of ether oxygens (including phenoxy) is 1. The molecule has 3 rings (SSSR count). The number of hydrogen-bond donors (Lipinski definition) is 1. The first-order chi connectivity index (χ1) is 11.2. The Balaban J connectivity index is 2.11. The van der Waals surface area contributed by atoms with Crippen LogP contribution in [0.5, 0.6) is 5.75 Å². The molecule has 0 radical (unpaired) electrons. The van der Waals surface area contributed by atoms with Gasteiger partial charge in [0.25, 0.3) is 0 Å². The third-order valence-electron chi connectivity index (χ3n) is 4.94. The summed E-state index contributed by atoms with van der Waals surface area (Å²) in [6.45, 7) is 7.96. The maximum Gasteiger partial charge on any atom is 0.495 e. The second kappa shape index (κ2) is 5.50. The summed E-state index contributed by atoms with van der Waals surface area (Å²) in [6, 6.07) is 8.83. The summed E-state index contributed by atoms with van der Waals surface area (Å²) in [5.41, 5.74) is 0.0516. The molecule has 0 unspecified atom stereocenters. The number of esters is 1. The molecule has 1 aliphatic heterocycles. The summed E-state index contributed by atoms with van der Waals surface area (Å²) in [5.74, 6) is -0.700. The summed E-state index contributed by atoms with van der Waals surface area (Å²) in [7, 11) is 0.745. The predicted octanol–water partition coefficient (Wildman–Crippen LogP) is 2.63. The van der Waals surface area contributed by atoms with Gasteiger partial charge in [-0.25, -0.2) is 4.79 Å². The van der Waals surface area contributed by atoms with Crippen molar-refractivity contribution >= 4 is 29.3 Å². The van der Waals surface area contributed by atoms with Crippen LogP contribution in [0.1, 0.15) is 38.1 Å². The Labute approximate surface area is 141 Å². The second-order valence-electron chi connectivity index (χ2n) is 7.02. The van der Waals surface area contributed by atoms with Gasteiger partial charge in [0.15, 0.2) is 0 Å². The van der Waals surface area contributed by atoms with E-state index >= 15 is 0 Å². The topological polar surface area (TPSA) is 65.0 Å². The molecule has 0 saturated carbocycles. The lowest BCUT2D eigenvalue weighted by Crippen LogP contribution is -2.41. The van der Waals surface area contributed by atoms with E-state index in [2.05, 4.69) is 0 Å². The van der Waals surface area contributed by atoms with E-state index in [1.807, 2.05) is 45.9 Å². The van der Waals surface area contributed by atoms with E-state index in [4.69, 9.17) is 14.0 Å². The Morgan fingerprint density at radius 3 is 2.33 bits per heavy atom. The molecule has 1 fully saturated rings. The van der Waals surface area contributed by atoms with Gasteiger partial charge in [-0.1, -0.05) is 18.2 Å². The standard InChI is InChI=1S/C18H21BO5/c1-17(2)18(3,4)24-19(23-17)14-8-6-7-11-9-13(16(21)22-5)15(20)10-12(11)14/h6-10,20H,1-5H3. The summed E-state index contributed by atoms with van der Waals surface area (Å²) in [5, 5.41) is 11.8. The molecule has 2 aromatic carbocycles. The molecule has 0 atom stereocenters. The van der Waals surface area contributed by atoms with Crippen LogP contribution in [0.25, 0.3) is 10.8 Å². The van der Waals surface area contributed by atoms with Gasteiger partial charge in [0, 0.05) is 0 Å². The first-order valence-electron chi connectivity index (χ1n) is 7.86. The van der Waals surface area contributed by atoms with Crippen molar-refractivity contribution in [2.24, 2.45) is 0 Å². The van der Waals surface area contributed by atoms with Gasteiger partial charge in [-0.3, -0.25) is 0 Å². The number of rotatable bonds is 2. The van der Waals surface area contributed by atoms with Gasteiger partial charge >= 0.3 is 13.1 Å². The molecule has 0 amide bonds. The van der Waals surface area contributed by atoms with Crippen LogP contribution in [0.2, 0.25) is 0 Å². The maximum atomic E-state index is 11.8. The number of carbonyl (C=O) groups is 1.